The molecule has 3 aliphatic rings. The lowest BCUT2D eigenvalue weighted by Crippen LogP contribution is -2.61. The topological polar surface area (TPSA) is 14.7 Å². The monoisotopic (exact) mass is 1050 g/mol. The van der Waals surface area contributed by atoms with Gasteiger partial charge in [-0.2, -0.15) is 0 Å². The number of rotatable bonds is 8. The average molecular weight is 1060 g/mol. The number of hydrogen-bond donors (Lipinski definition) is 0. The van der Waals surface area contributed by atoms with Crippen LogP contribution in [0.15, 0.2) is 309 Å². The molecule has 83 heavy (non-hydrogen) atoms. The van der Waals surface area contributed by atoms with Crippen molar-refractivity contribution in [3.63, 3.8) is 0 Å². The molecule has 0 atom stereocenters. The molecule has 14 aromatic rings. The number of nitrogens with zero attached hydrogens (tertiary/aromatic N) is 4. The first kappa shape index (κ1) is 47.0. The summed E-state index contributed by atoms with van der Waals surface area (Å²) in [7, 11) is 0. The fraction of sp³-hybridized carbons (Fsp3) is 0. The Bertz CT molecular complexity index is 4760. The van der Waals surface area contributed by atoms with Gasteiger partial charge in [0.2, 0.25) is 0 Å². The van der Waals surface area contributed by atoms with Crippen molar-refractivity contribution in [3.05, 3.63) is 309 Å². The van der Waals surface area contributed by atoms with E-state index in [-0.39, 0.29) is 6.71 Å². The van der Waals surface area contributed by atoms with Crippen LogP contribution in [-0.4, -0.2) is 11.3 Å². The molecule has 3 aliphatic heterocycles. The second-order valence-corrected chi connectivity index (χ2v) is 22.0. The molecule has 0 amide bonds. The van der Waals surface area contributed by atoms with Gasteiger partial charge < -0.3 is 19.3 Å². The number of fused-ring (bicyclic) bond motifs is 12. The van der Waals surface area contributed by atoms with Gasteiger partial charge in [-0.15, -0.1) is 0 Å². The predicted molar refractivity (Wildman–Crippen MR) is 350 cm³/mol. The van der Waals surface area contributed by atoms with Gasteiger partial charge >= 0.3 is 0 Å². The smallest absolute Gasteiger partial charge is 0.252 e. The van der Waals surface area contributed by atoms with Crippen LogP contribution in [-0.2, 0) is 0 Å². The molecule has 5 heteroatoms. The maximum atomic E-state index is 2.64. The van der Waals surface area contributed by atoms with Crippen LogP contribution < -0.4 is 31.1 Å². The molecular weight excluding hydrogens is 1000 g/mol. The molecule has 0 bridgehead atoms. The summed E-state index contributed by atoms with van der Waals surface area (Å²) in [6, 6.07) is 115. The molecular formula is C78H51BN4. The molecule has 17 rings (SSSR count). The average Bonchev–Trinajstić information content (AvgIpc) is 1.98. The SMILES string of the molecule is c1ccc(-c2ccc(N3c4cc(-n5c6ccccc6c6ccccc65)ccc4B4c5cc(-c6ccccc6)cc6c5N(c5ccc(-c7ccccc7)cc5-c5ccccc5-6)c5cc(N(c6ccccc6)c6ccccc6)cc3c54)cc2)cc1. The van der Waals surface area contributed by atoms with E-state index in [1.54, 1.807) is 0 Å². The molecule has 0 N–H and O–H groups in total. The second kappa shape index (κ2) is 18.9. The van der Waals surface area contributed by atoms with Gasteiger partial charge in [-0.1, -0.05) is 218 Å². The van der Waals surface area contributed by atoms with E-state index in [1.165, 1.54) is 99.5 Å². The van der Waals surface area contributed by atoms with Crippen LogP contribution in [0.3, 0.4) is 0 Å². The minimum Gasteiger partial charge on any atom is -0.311 e. The zero-order chi connectivity index (χ0) is 54.5. The number of para-hydroxylation sites is 4. The maximum absolute atomic E-state index is 2.64. The Hall–Kier alpha value is -10.9. The lowest BCUT2D eigenvalue weighted by atomic mass is 9.33. The van der Waals surface area contributed by atoms with Gasteiger partial charge in [-0.25, -0.2) is 0 Å². The van der Waals surface area contributed by atoms with Gasteiger partial charge in [0.1, 0.15) is 0 Å². The number of hydrogen-bond acceptors (Lipinski definition) is 3. The summed E-state index contributed by atoms with van der Waals surface area (Å²) in [5.41, 5.74) is 29.2. The molecule has 0 radical (unpaired) electrons. The molecule has 13 aromatic carbocycles. The Labute approximate surface area is 483 Å². The lowest BCUT2D eigenvalue weighted by Gasteiger charge is -2.45. The summed E-state index contributed by atoms with van der Waals surface area (Å²) >= 11 is 0. The largest absolute Gasteiger partial charge is 0.311 e. The Morgan fingerprint density at radius 2 is 0.735 bits per heavy atom. The fourth-order valence-electron chi connectivity index (χ4n) is 13.8. The number of aromatic nitrogens is 1. The van der Waals surface area contributed by atoms with Crippen molar-refractivity contribution >= 4 is 96.1 Å². The van der Waals surface area contributed by atoms with E-state index >= 15 is 0 Å². The van der Waals surface area contributed by atoms with Crippen LogP contribution in [0.4, 0.5) is 51.2 Å². The highest BCUT2D eigenvalue weighted by atomic mass is 15.2. The van der Waals surface area contributed by atoms with Gasteiger partial charge in [-0.05, 0) is 152 Å². The van der Waals surface area contributed by atoms with Crippen molar-refractivity contribution in [2.45, 2.75) is 0 Å². The Kier molecular flexibility index (Phi) is 10.7. The van der Waals surface area contributed by atoms with Gasteiger partial charge in [0.25, 0.3) is 6.71 Å². The van der Waals surface area contributed by atoms with Crippen LogP contribution in [0.5, 0.6) is 0 Å². The molecule has 0 saturated heterocycles. The van der Waals surface area contributed by atoms with E-state index in [0.717, 1.165) is 51.2 Å². The van der Waals surface area contributed by atoms with Gasteiger partial charge in [-0.3, -0.25) is 0 Å². The summed E-state index contributed by atoms with van der Waals surface area (Å²) in [5.74, 6) is 0. The maximum Gasteiger partial charge on any atom is 0.252 e. The molecule has 386 valence electrons. The van der Waals surface area contributed by atoms with E-state index in [2.05, 4.69) is 329 Å². The quantitative estimate of drug-likeness (QED) is 0.141. The first-order chi connectivity index (χ1) is 41.2. The van der Waals surface area contributed by atoms with Gasteiger partial charge in [0.15, 0.2) is 0 Å². The summed E-state index contributed by atoms with van der Waals surface area (Å²) < 4.78 is 2.47. The number of anilines is 9. The molecule has 0 spiro atoms. The molecule has 0 fully saturated rings. The Morgan fingerprint density at radius 3 is 1.35 bits per heavy atom. The summed E-state index contributed by atoms with van der Waals surface area (Å²) in [5, 5.41) is 2.47. The van der Waals surface area contributed by atoms with E-state index < -0.39 is 0 Å². The predicted octanol–water partition coefficient (Wildman–Crippen LogP) is 19.0. The zero-order valence-corrected chi connectivity index (χ0v) is 45.3. The van der Waals surface area contributed by atoms with Crippen LogP contribution in [0.2, 0.25) is 0 Å². The van der Waals surface area contributed by atoms with E-state index in [9.17, 15) is 0 Å². The molecule has 0 aliphatic carbocycles. The van der Waals surface area contributed by atoms with Gasteiger partial charge in [0, 0.05) is 67.4 Å². The first-order valence-electron chi connectivity index (χ1n) is 28.7. The standard InChI is InChI=1S/C78H51BN4/c1-6-22-52(23-7-1)55-38-41-60(42-39-55)81-74-49-61(82-71-36-20-18-34-65(71)66-35-19-21-37-72(66)82)43-44-69(74)79-70-48-57(54-26-10-3-11-27-54)47-68-64-33-17-16-32-63(64)67-46-56(53-24-8-2-9-25-53)40-45-73(67)83(78(68)70)76-51-62(50-75(81)77(76)79)80(58-28-12-4-13-29-58)59-30-14-5-15-31-59/h1-51H. The highest BCUT2D eigenvalue weighted by Crippen LogP contribution is 2.56. The van der Waals surface area contributed by atoms with Crippen molar-refractivity contribution in [1.82, 2.24) is 4.57 Å². The summed E-state index contributed by atoms with van der Waals surface area (Å²) in [6.07, 6.45) is 0. The lowest BCUT2D eigenvalue weighted by molar-refractivity contribution is 1.17. The summed E-state index contributed by atoms with van der Waals surface area (Å²) in [4.78, 5) is 7.66. The van der Waals surface area contributed by atoms with Gasteiger partial charge in [0.05, 0.1) is 22.4 Å². The molecule has 0 saturated carbocycles. The molecule has 1 aromatic heterocycles. The van der Waals surface area contributed by atoms with Crippen molar-refractivity contribution in [2.24, 2.45) is 0 Å². The normalized spacial score (nSPS) is 12.5. The molecule has 0 unspecified atom stereocenters. The summed E-state index contributed by atoms with van der Waals surface area (Å²) in [6.45, 7) is -0.177. The second-order valence-electron chi connectivity index (χ2n) is 22.0. The first-order valence-corrected chi connectivity index (χ1v) is 28.7. The Morgan fingerprint density at radius 1 is 0.265 bits per heavy atom. The minimum atomic E-state index is -0.177. The van der Waals surface area contributed by atoms with Crippen molar-refractivity contribution in [1.29, 1.82) is 0 Å². The third-order valence-corrected chi connectivity index (χ3v) is 17.4. The van der Waals surface area contributed by atoms with Crippen LogP contribution in [0.25, 0.3) is 83.1 Å². The van der Waals surface area contributed by atoms with E-state index in [0.29, 0.717) is 0 Å². The van der Waals surface area contributed by atoms with Crippen LogP contribution >= 0.6 is 0 Å². The third-order valence-electron chi connectivity index (χ3n) is 17.4. The number of benzene rings is 13. The van der Waals surface area contributed by atoms with E-state index in [4.69, 9.17) is 0 Å². The fourth-order valence-corrected chi connectivity index (χ4v) is 13.8. The third kappa shape index (κ3) is 7.41. The van der Waals surface area contributed by atoms with Crippen molar-refractivity contribution < 1.29 is 0 Å². The molecule has 4 heterocycles. The van der Waals surface area contributed by atoms with Crippen molar-refractivity contribution in [3.8, 4) is 61.3 Å². The van der Waals surface area contributed by atoms with Crippen LogP contribution in [0.1, 0.15) is 0 Å². The highest BCUT2D eigenvalue weighted by molar-refractivity contribution is 7.00. The highest BCUT2D eigenvalue weighted by Gasteiger charge is 2.46. The minimum absolute atomic E-state index is 0.177. The Balaban J connectivity index is 1.02. The van der Waals surface area contributed by atoms with Crippen LogP contribution in [0, 0.1) is 0 Å². The zero-order valence-electron chi connectivity index (χ0n) is 45.3. The van der Waals surface area contributed by atoms with Crippen molar-refractivity contribution in [2.75, 3.05) is 14.7 Å². The molecule has 4 nitrogen and oxygen atoms in total. The van der Waals surface area contributed by atoms with E-state index in [1.807, 2.05) is 0 Å².